The predicted molar refractivity (Wildman–Crippen MR) is 53.7 cm³/mol. The summed E-state index contributed by atoms with van der Waals surface area (Å²) in [6, 6.07) is 5.39. The van der Waals surface area contributed by atoms with E-state index < -0.39 is 0 Å². The molecule has 0 saturated heterocycles. The van der Waals surface area contributed by atoms with E-state index in [4.69, 9.17) is 23.5 Å². The van der Waals surface area contributed by atoms with Gasteiger partial charge in [-0.05, 0) is 18.2 Å². The van der Waals surface area contributed by atoms with Gasteiger partial charge < -0.3 is 0 Å². The van der Waals surface area contributed by atoms with Crippen LogP contribution in [0.5, 0.6) is 0 Å². The monoisotopic (exact) mass is 267 g/mol. The molecule has 5 heteroatoms. The van der Waals surface area contributed by atoms with Crippen molar-refractivity contribution < 1.29 is 4.39 Å². The molecule has 64 valence electrons. The van der Waals surface area contributed by atoms with Gasteiger partial charge in [0.25, 0.3) is 0 Å². The lowest BCUT2D eigenvalue weighted by atomic mass is 10.2. The molecular weight excluding hydrogens is 265 g/mol. The third-order valence-corrected chi connectivity index (χ3v) is 2.11. The fraction of sp³-hybridized carbons (Fsp3) is 0. The highest BCUT2D eigenvalue weighted by molar-refractivity contribution is 9.10. The third kappa shape index (κ3) is 2.66. The van der Waals surface area contributed by atoms with Gasteiger partial charge in [0.1, 0.15) is 0 Å². The molecule has 0 atom stereocenters. The lowest BCUT2D eigenvalue weighted by molar-refractivity contribution is 0.383. The first-order valence-electron chi connectivity index (χ1n) is 3.00. The first-order valence-corrected chi connectivity index (χ1v) is 4.48. The van der Waals surface area contributed by atoms with Crippen LogP contribution in [0.2, 0.25) is 5.02 Å². The van der Waals surface area contributed by atoms with Gasteiger partial charge in [-0.1, -0.05) is 32.7 Å². The molecular formula is C7H4BrCl2NO. The Hall–Kier alpha value is -0.250. The molecule has 0 aliphatic heterocycles. The van der Waals surface area contributed by atoms with E-state index in [1.165, 1.54) is 6.21 Å². The van der Waals surface area contributed by atoms with E-state index in [9.17, 15) is 0 Å². The quantitative estimate of drug-likeness (QED) is 0.593. The normalized spacial score (nSPS) is 10.6. The van der Waals surface area contributed by atoms with Crippen LogP contribution in [-0.4, -0.2) is 6.21 Å². The summed E-state index contributed by atoms with van der Waals surface area (Å²) in [5, 5.41) is 3.97. The van der Waals surface area contributed by atoms with E-state index in [-0.39, 0.29) is 0 Å². The average molecular weight is 269 g/mol. The van der Waals surface area contributed by atoms with E-state index in [0.717, 1.165) is 10.0 Å². The van der Waals surface area contributed by atoms with E-state index in [1.807, 2.05) is 12.1 Å². The Kier molecular flexibility index (Phi) is 3.85. The molecule has 1 aromatic rings. The molecule has 0 bridgehead atoms. The van der Waals surface area contributed by atoms with Crippen LogP contribution in [0.3, 0.4) is 0 Å². The zero-order valence-electron chi connectivity index (χ0n) is 5.80. The molecule has 0 spiro atoms. The molecule has 2 nitrogen and oxygen atoms in total. The summed E-state index contributed by atoms with van der Waals surface area (Å²) in [5.74, 6) is 0. The minimum atomic E-state index is 0.593. The number of hydrogen-bond acceptors (Lipinski definition) is 2. The standard InChI is InChI=1S/C7H4BrCl2NO/c8-6-1-2-7(9)5(3-6)4-11-12-10/h1-4H/b11-4+. The predicted octanol–water partition coefficient (Wildman–Crippen LogP) is 3.61. The lowest BCUT2D eigenvalue weighted by Gasteiger charge is -1.96. The van der Waals surface area contributed by atoms with E-state index in [2.05, 4.69) is 25.5 Å². The molecule has 0 unspecified atom stereocenters. The molecule has 1 rings (SSSR count). The fourth-order valence-electron chi connectivity index (χ4n) is 0.690. The highest BCUT2D eigenvalue weighted by atomic mass is 79.9. The molecule has 0 N–H and O–H groups in total. The Balaban J connectivity index is 2.97. The smallest absolute Gasteiger partial charge is 0.167 e. The molecule has 0 aromatic heterocycles. The molecule has 0 heterocycles. The maximum absolute atomic E-state index is 5.82. The van der Waals surface area contributed by atoms with Crippen LogP contribution in [0.25, 0.3) is 0 Å². The molecule has 0 radical (unpaired) electrons. The number of halogens is 3. The van der Waals surface area contributed by atoms with Gasteiger partial charge >= 0.3 is 0 Å². The van der Waals surface area contributed by atoms with Crippen molar-refractivity contribution in [1.82, 2.24) is 0 Å². The highest BCUT2D eigenvalue weighted by Gasteiger charge is 1.97. The summed E-state index contributed by atoms with van der Waals surface area (Å²) in [5.41, 5.74) is 0.742. The second-order valence-electron chi connectivity index (χ2n) is 1.97. The molecule has 1 aromatic carbocycles. The lowest BCUT2D eigenvalue weighted by Crippen LogP contribution is -1.82. The summed E-state index contributed by atoms with van der Waals surface area (Å²) in [6.45, 7) is 0. The van der Waals surface area contributed by atoms with E-state index in [1.54, 1.807) is 6.07 Å². The minimum Gasteiger partial charge on any atom is -0.277 e. The Bertz CT molecular complexity index is 303. The highest BCUT2D eigenvalue weighted by Crippen LogP contribution is 2.19. The van der Waals surface area contributed by atoms with Crippen molar-refractivity contribution >= 4 is 45.6 Å². The van der Waals surface area contributed by atoms with Gasteiger partial charge in [-0.25, -0.2) is 0 Å². The van der Waals surface area contributed by atoms with Crippen LogP contribution < -0.4 is 0 Å². The first kappa shape index (κ1) is 9.84. The van der Waals surface area contributed by atoms with Crippen LogP contribution >= 0.6 is 39.4 Å². The van der Waals surface area contributed by atoms with Crippen LogP contribution in [0.1, 0.15) is 5.56 Å². The average Bonchev–Trinajstić information content (AvgIpc) is 2.07. The third-order valence-electron chi connectivity index (χ3n) is 1.19. The summed E-state index contributed by atoms with van der Waals surface area (Å²) in [6.07, 6.45) is 1.43. The van der Waals surface area contributed by atoms with E-state index >= 15 is 0 Å². The largest absolute Gasteiger partial charge is 0.277 e. The van der Waals surface area contributed by atoms with Gasteiger partial charge in [-0.3, -0.25) is 4.39 Å². The summed E-state index contributed by atoms with van der Waals surface area (Å²) >= 11 is 14.0. The number of nitrogens with zero attached hydrogens (tertiary/aromatic N) is 1. The van der Waals surface area contributed by atoms with Crippen molar-refractivity contribution in [2.45, 2.75) is 0 Å². The SMILES string of the molecule is ClO/N=C/c1cc(Br)ccc1Cl. The Morgan fingerprint density at radius 1 is 1.50 bits per heavy atom. The second kappa shape index (κ2) is 4.70. The molecule has 0 saturated carbocycles. The van der Waals surface area contributed by atoms with Gasteiger partial charge in [-0.2, -0.15) is 0 Å². The topological polar surface area (TPSA) is 21.6 Å². The van der Waals surface area contributed by atoms with Crippen molar-refractivity contribution in [2.75, 3.05) is 0 Å². The van der Waals surface area contributed by atoms with Crippen LogP contribution in [0.15, 0.2) is 27.8 Å². The summed E-state index contributed by atoms with van der Waals surface area (Å²) < 4.78 is 4.93. The number of benzene rings is 1. The minimum absolute atomic E-state index is 0.593. The molecule has 12 heavy (non-hydrogen) atoms. The van der Waals surface area contributed by atoms with Crippen LogP contribution in [0.4, 0.5) is 0 Å². The van der Waals surface area contributed by atoms with Crippen molar-refractivity contribution in [2.24, 2.45) is 5.16 Å². The Morgan fingerprint density at radius 2 is 2.25 bits per heavy atom. The van der Waals surface area contributed by atoms with Crippen LogP contribution in [0, 0.1) is 0 Å². The van der Waals surface area contributed by atoms with Gasteiger partial charge in [0.2, 0.25) is 0 Å². The Labute approximate surface area is 88.4 Å². The van der Waals surface area contributed by atoms with Crippen molar-refractivity contribution in [3.8, 4) is 0 Å². The maximum atomic E-state index is 5.82. The molecule has 0 aliphatic carbocycles. The summed E-state index contributed by atoms with van der Waals surface area (Å²) in [4.78, 5) is 0. The van der Waals surface area contributed by atoms with Gasteiger partial charge in [-0.15, -0.1) is 0 Å². The van der Waals surface area contributed by atoms with Crippen LogP contribution in [-0.2, 0) is 4.39 Å². The number of rotatable bonds is 2. The van der Waals surface area contributed by atoms with Gasteiger partial charge in [0.15, 0.2) is 11.9 Å². The zero-order chi connectivity index (χ0) is 8.97. The van der Waals surface area contributed by atoms with Gasteiger partial charge in [0, 0.05) is 15.1 Å². The van der Waals surface area contributed by atoms with Crippen molar-refractivity contribution in [3.05, 3.63) is 33.3 Å². The zero-order valence-corrected chi connectivity index (χ0v) is 8.90. The molecule has 0 fully saturated rings. The second-order valence-corrected chi connectivity index (χ2v) is 3.43. The molecule has 0 aliphatic rings. The molecule has 0 amide bonds. The number of hydrogen-bond donors (Lipinski definition) is 0. The van der Waals surface area contributed by atoms with E-state index in [0.29, 0.717) is 5.02 Å². The maximum Gasteiger partial charge on any atom is 0.167 e. The Morgan fingerprint density at radius 3 is 2.92 bits per heavy atom. The van der Waals surface area contributed by atoms with Crippen molar-refractivity contribution in [3.63, 3.8) is 0 Å². The summed E-state index contributed by atoms with van der Waals surface area (Å²) in [7, 11) is 0. The fourth-order valence-corrected chi connectivity index (χ4v) is 1.28. The number of oxime groups is 1. The first-order chi connectivity index (χ1) is 5.74. The van der Waals surface area contributed by atoms with Gasteiger partial charge in [0.05, 0.1) is 6.21 Å². The van der Waals surface area contributed by atoms with Crippen molar-refractivity contribution in [1.29, 1.82) is 0 Å².